The molecule has 1 aromatic rings. The largest absolute Gasteiger partial charge is 0.493 e. The lowest BCUT2D eigenvalue weighted by atomic mass is 9.33. The van der Waals surface area contributed by atoms with Crippen molar-refractivity contribution in [3.8, 4) is 11.5 Å². The molecule has 2 saturated heterocycles. The first-order valence-electron chi connectivity index (χ1n) is 13.2. The number of fused-ring (bicyclic) bond motifs is 1. The molecule has 0 N–H and O–H groups in total. The topological polar surface area (TPSA) is 40.2 Å². The van der Waals surface area contributed by atoms with Crippen molar-refractivity contribution in [2.24, 2.45) is 16.7 Å². The third-order valence-corrected chi connectivity index (χ3v) is 11.5. The standard InChI is InChI=1S/C29H39NO4/c1-7-13-30-14-12-28-22-18-8-9-19(31-6)23(22)34-24(28)29-11-10-27(28,21(30)15-18)16-20(29)26(5,25(2,3)4)32-17-33-29/h7-9,20-21,24H,1,10-17H2,2-6H3/t20-,21-,24-,26+,27?,28+,29-/m1/s1. The van der Waals surface area contributed by atoms with Crippen molar-refractivity contribution in [2.75, 3.05) is 27.0 Å². The van der Waals surface area contributed by atoms with Crippen LogP contribution in [0, 0.1) is 16.7 Å². The number of hydrogen-bond acceptors (Lipinski definition) is 5. The van der Waals surface area contributed by atoms with Crippen LogP contribution in [0.3, 0.4) is 0 Å². The number of methoxy groups -OCH3 is 1. The fourth-order valence-corrected chi connectivity index (χ4v) is 9.73. The molecule has 0 radical (unpaired) electrons. The highest BCUT2D eigenvalue weighted by atomic mass is 16.7. The zero-order valence-corrected chi connectivity index (χ0v) is 21.4. The van der Waals surface area contributed by atoms with Gasteiger partial charge in [-0.25, -0.2) is 0 Å². The molecular formula is C29H39NO4. The molecule has 0 aromatic heterocycles. The molecule has 5 fully saturated rings. The third-order valence-electron chi connectivity index (χ3n) is 11.5. The minimum Gasteiger partial charge on any atom is -0.493 e. The minimum absolute atomic E-state index is 0.00534. The molecule has 5 heteroatoms. The van der Waals surface area contributed by atoms with Crippen molar-refractivity contribution in [1.82, 2.24) is 4.90 Å². The highest BCUT2D eigenvalue weighted by Gasteiger charge is 2.83. The first kappa shape index (κ1) is 21.7. The lowest BCUT2D eigenvalue weighted by Gasteiger charge is -2.76. The van der Waals surface area contributed by atoms with Gasteiger partial charge in [-0.15, -0.1) is 6.58 Å². The molecule has 7 aliphatic rings. The van der Waals surface area contributed by atoms with Gasteiger partial charge in [0.05, 0.1) is 12.7 Å². The highest BCUT2D eigenvalue weighted by molar-refractivity contribution is 5.63. The van der Waals surface area contributed by atoms with Gasteiger partial charge in [0.1, 0.15) is 18.5 Å². The van der Waals surface area contributed by atoms with Crippen LogP contribution in [0.1, 0.15) is 64.5 Å². The minimum atomic E-state index is -0.328. The molecular weight excluding hydrogens is 426 g/mol. The van der Waals surface area contributed by atoms with Crippen molar-refractivity contribution in [3.63, 3.8) is 0 Å². The molecule has 3 aliphatic heterocycles. The van der Waals surface area contributed by atoms with Gasteiger partial charge in [-0.05, 0) is 62.6 Å². The van der Waals surface area contributed by atoms with Gasteiger partial charge in [-0.3, -0.25) is 4.90 Å². The van der Waals surface area contributed by atoms with Gasteiger partial charge >= 0.3 is 0 Å². The predicted molar refractivity (Wildman–Crippen MR) is 130 cm³/mol. The Hall–Kier alpha value is -1.56. The molecule has 3 heterocycles. The highest BCUT2D eigenvalue weighted by Crippen LogP contribution is 2.78. The van der Waals surface area contributed by atoms with Crippen LogP contribution in [0.4, 0.5) is 0 Å². The van der Waals surface area contributed by atoms with Crippen molar-refractivity contribution in [3.05, 3.63) is 35.9 Å². The van der Waals surface area contributed by atoms with Crippen LogP contribution in [0.15, 0.2) is 24.8 Å². The van der Waals surface area contributed by atoms with Gasteiger partial charge in [0, 0.05) is 34.9 Å². The van der Waals surface area contributed by atoms with E-state index in [1.54, 1.807) is 7.11 Å². The summed E-state index contributed by atoms with van der Waals surface area (Å²) < 4.78 is 26.4. The summed E-state index contributed by atoms with van der Waals surface area (Å²) in [6, 6.07) is 4.92. The van der Waals surface area contributed by atoms with Crippen molar-refractivity contribution < 1.29 is 18.9 Å². The van der Waals surface area contributed by atoms with E-state index in [-0.39, 0.29) is 39.5 Å². The molecule has 5 nitrogen and oxygen atoms in total. The Labute approximate surface area is 203 Å². The number of rotatable bonds is 3. The SMILES string of the molecule is C=CCN1CC[C@]23c4c5ccc(OC)c4O[C@H]2[C@@]24CCC3(C[C@@H]2[C@@](C)(C(C)(C)C)OCO4)[C@H]1C5. The van der Waals surface area contributed by atoms with E-state index in [9.17, 15) is 0 Å². The molecule has 184 valence electrons. The first-order chi connectivity index (χ1) is 16.2. The monoisotopic (exact) mass is 465 g/mol. The molecule has 0 amide bonds. The smallest absolute Gasteiger partial charge is 0.165 e. The van der Waals surface area contributed by atoms with Gasteiger partial charge in [0.2, 0.25) is 0 Å². The van der Waals surface area contributed by atoms with E-state index < -0.39 is 0 Å². The van der Waals surface area contributed by atoms with E-state index >= 15 is 0 Å². The molecule has 7 atom stereocenters. The zero-order chi connectivity index (χ0) is 23.7. The van der Waals surface area contributed by atoms with Crippen LogP contribution < -0.4 is 9.47 Å². The van der Waals surface area contributed by atoms with Crippen LogP contribution in [-0.2, 0) is 21.3 Å². The average Bonchev–Trinajstić information content (AvgIpc) is 3.17. The van der Waals surface area contributed by atoms with Crippen LogP contribution in [-0.4, -0.2) is 55.2 Å². The van der Waals surface area contributed by atoms with Crippen molar-refractivity contribution in [1.29, 1.82) is 0 Å². The number of ether oxygens (including phenoxy) is 4. The number of benzene rings is 1. The Morgan fingerprint density at radius 3 is 2.76 bits per heavy atom. The van der Waals surface area contributed by atoms with Gasteiger partial charge in [0.25, 0.3) is 0 Å². The number of likely N-dealkylation sites (tertiary alicyclic amines) is 1. The summed E-state index contributed by atoms with van der Waals surface area (Å²) in [4.78, 5) is 2.72. The molecule has 4 bridgehead atoms. The fourth-order valence-electron chi connectivity index (χ4n) is 9.73. The van der Waals surface area contributed by atoms with E-state index in [0.29, 0.717) is 12.8 Å². The predicted octanol–water partition coefficient (Wildman–Crippen LogP) is 4.86. The summed E-state index contributed by atoms with van der Waals surface area (Å²) in [6.07, 6.45) is 7.66. The summed E-state index contributed by atoms with van der Waals surface area (Å²) in [5.74, 6) is 2.16. The molecule has 8 rings (SSSR count). The number of piperidine rings is 1. The summed E-state index contributed by atoms with van der Waals surface area (Å²) in [5.41, 5.74) is 2.43. The summed E-state index contributed by atoms with van der Waals surface area (Å²) >= 11 is 0. The second-order valence-corrected chi connectivity index (χ2v) is 13.0. The maximum atomic E-state index is 7.15. The van der Waals surface area contributed by atoms with Gasteiger partial charge < -0.3 is 18.9 Å². The quantitative estimate of drug-likeness (QED) is 0.597. The lowest BCUT2D eigenvalue weighted by Crippen LogP contribution is -2.84. The number of hydrogen-bond donors (Lipinski definition) is 0. The van der Waals surface area contributed by atoms with Gasteiger partial charge in [0.15, 0.2) is 11.5 Å². The van der Waals surface area contributed by atoms with E-state index in [4.69, 9.17) is 18.9 Å². The van der Waals surface area contributed by atoms with E-state index in [2.05, 4.69) is 57.4 Å². The molecule has 1 unspecified atom stereocenters. The Kier molecular flexibility index (Phi) is 4.09. The van der Waals surface area contributed by atoms with E-state index in [0.717, 1.165) is 50.3 Å². The summed E-state index contributed by atoms with van der Waals surface area (Å²) in [5, 5.41) is 0. The van der Waals surface area contributed by atoms with Gasteiger partial charge in [-0.2, -0.15) is 0 Å². The zero-order valence-electron chi connectivity index (χ0n) is 21.4. The maximum Gasteiger partial charge on any atom is 0.165 e. The molecule has 1 aromatic carbocycles. The third kappa shape index (κ3) is 2.09. The summed E-state index contributed by atoms with van der Waals surface area (Å²) in [6.45, 7) is 15.8. The molecule has 3 saturated carbocycles. The Morgan fingerprint density at radius 2 is 2.03 bits per heavy atom. The summed E-state index contributed by atoms with van der Waals surface area (Å²) in [7, 11) is 1.77. The van der Waals surface area contributed by atoms with Crippen LogP contribution in [0.5, 0.6) is 11.5 Å². The first-order valence-corrected chi connectivity index (χ1v) is 13.2. The Balaban J connectivity index is 1.51. The Morgan fingerprint density at radius 1 is 1.21 bits per heavy atom. The van der Waals surface area contributed by atoms with E-state index in [1.807, 2.05) is 0 Å². The average molecular weight is 466 g/mol. The van der Waals surface area contributed by atoms with Crippen molar-refractivity contribution >= 4 is 0 Å². The van der Waals surface area contributed by atoms with Gasteiger partial charge in [-0.1, -0.05) is 32.9 Å². The molecule has 4 aliphatic carbocycles. The fraction of sp³-hybridized carbons (Fsp3) is 0.724. The second-order valence-electron chi connectivity index (χ2n) is 13.0. The maximum absolute atomic E-state index is 7.15. The molecule has 3 spiro atoms. The van der Waals surface area contributed by atoms with Crippen LogP contribution in [0.2, 0.25) is 0 Å². The lowest BCUT2D eigenvalue weighted by molar-refractivity contribution is -0.389. The van der Waals surface area contributed by atoms with Crippen LogP contribution in [0.25, 0.3) is 0 Å². The number of nitrogens with zero attached hydrogens (tertiary/aromatic N) is 1. The van der Waals surface area contributed by atoms with Crippen molar-refractivity contribution in [2.45, 2.75) is 88.6 Å². The normalized spacial score (nSPS) is 45.9. The Bertz CT molecular complexity index is 1080. The molecule has 34 heavy (non-hydrogen) atoms. The van der Waals surface area contributed by atoms with E-state index in [1.165, 1.54) is 17.5 Å². The second kappa shape index (κ2) is 6.41. The van der Waals surface area contributed by atoms with Crippen LogP contribution >= 0.6 is 0 Å².